The minimum absolute atomic E-state index is 0.0159. The number of hydrogen-bond donors (Lipinski definition) is 0. The molecular weight excluding hydrogens is 448 g/mol. The highest BCUT2D eigenvalue weighted by Crippen LogP contribution is 2.38. The Morgan fingerprint density at radius 1 is 1.17 bits per heavy atom. The lowest BCUT2D eigenvalue weighted by atomic mass is 10.0. The van der Waals surface area contributed by atoms with Gasteiger partial charge in [-0.15, -0.1) is 0 Å². The minimum Gasteiger partial charge on any atom is -0.490 e. The Hall–Kier alpha value is -2.85. The molecule has 0 unspecified atom stereocenters. The first kappa shape index (κ1) is 23.4. The summed E-state index contributed by atoms with van der Waals surface area (Å²) < 4.78 is 12.5. The summed E-state index contributed by atoms with van der Waals surface area (Å²) in [6.07, 6.45) is 6.18. The first-order chi connectivity index (χ1) is 14.5. The number of unbranched alkanes of at least 4 members (excludes halogenated alkanes) is 3. The van der Waals surface area contributed by atoms with Gasteiger partial charge in [0.15, 0.2) is 11.5 Å². The number of nitro groups is 1. The summed E-state index contributed by atoms with van der Waals surface area (Å²) in [5.74, 6) is 1.26. The molecule has 0 spiro atoms. The Morgan fingerprint density at radius 2 is 1.90 bits per heavy atom. The Labute approximate surface area is 185 Å². The number of hydrogen-bond acceptors (Lipinski definition) is 5. The molecule has 2 aromatic carbocycles. The third kappa shape index (κ3) is 6.60. The zero-order valence-corrected chi connectivity index (χ0v) is 18.8. The summed E-state index contributed by atoms with van der Waals surface area (Å²) in [5.41, 5.74) is 1.75. The van der Waals surface area contributed by atoms with Crippen molar-refractivity contribution < 1.29 is 14.4 Å². The van der Waals surface area contributed by atoms with Gasteiger partial charge in [-0.2, -0.15) is 5.26 Å². The maximum Gasteiger partial charge on any atom is 0.269 e. The molecule has 0 saturated carbocycles. The predicted octanol–water partition coefficient (Wildman–Crippen LogP) is 6.78. The molecule has 0 radical (unpaired) electrons. The maximum absolute atomic E-state index is 10.8. The lowest BCUT2D eigenvalue weighted by Gasteiger charge is -2.15. The van der Waals surface area contributed by atoms with E-state index >= 15 is 0 Å². The van der Waals surface area contributed by atoms with Crippen molar-refractivity contribution in [3.8, 4) is 17.6 Å². The second-order valence-electron chi connectivity index (χ2n) is 6.65. The average Bonchev–Trinajstić information content (AvgIpc) is 2.73. The van der Waals surface area contributed by atoms with Crippen molar-refractivity contribution in [3.63, 3.8) is 0 Å². The van der Waals surface area contributed by atoms with Crippen LogP contribution >= 0.6 is 15.9 Å². The summed E-state index contributed by atoms with van der Waals surface area (Å²) in [4.78, 5) is 10.4. The molecule has 0 aliphatic rings. The fourth-order valence-corrected chi connectivity index (χ4v) is 3.46. The van der Waals surface area contributed by atoms with E-state index < -0.39 is 4.92 Å². The molecule has 0 N–H and O–H groups in total. The summed E-state index contributed by atoms with van der Waals surface area (Å²) >= 11 is 3.55. The number of halogens is 1. The van der Waals surface area contributed by atoms with Crippen LogP contribution in [0.25, 0.3) is 11.6 Å². The molecule has 0 amide bonds. The van der Waals surface area contributed by atoms with Crippen molar-refractivity contribution >= 4 is 33.3 Å². The molecule has 0 heterocycles. The molecule has 6 nitrogen and oxygen atoms in total. The molecule has 0 bridgehead atoms. The number of nitrogens with zero attached hydrogens (tertiary/aromatic N) is 2. The van der Waals surface area contributed by atoms with Crippen molar-refractivity contribution in [2.75, 3.05) is 13.2 Å². The monoisotopic (exact) mass is 472 g/mol. The van der Waals surface area contributed by atoms with Gasteiger partial charge in [0.05, 0.1) is 34.3 Å². The summed E-state index contributed by atoms with van der Waals surface area (Å²) in [6.45, 7) is 5.17. The van der Waals surface area contributed by atoms with Crippen molar-refractivity contribution in [1.29, 1.82) is 5.26 Å². The number of ether oxygens (including phenoxy) is 2. The smallest absolute Gasteiger partial charge is 0.269 e. The van der Waals surface area contributed by atoms with Gasteiger partial charge in [0, 0.05) is 12.1 Å². The van der Waals surface area contributed by atoms with Gasteiger partial charge >= 0.3 is 0 Å². The molecule has 0 atom stereocenters. The fourth-order valence-electron chi connectivity index (χ4n) is 2.89. The lowest BCUT2D eigenvalue weighted by Crippen LogP contribution is -2.02. The van der Waals surface area contributed by atoms with E-state index in [1.807, 2.05) is 19.1 Å². The topological polar surface area (TPSA) is 85.4 Å². The lowest BCUT2D eigenvalue weighted by molar-refractivity contribution is -0.384. The molecule has 0 aromatic heterocycles. The van der Waals surface area contributed by atoms with E-state index in [2.05, 4.69) is 28.9 Å². The van der Waals surface area contributed by atoms with Crippen molar-refractivity contribution in [2.24, 2.45) is 0 Å². The van der Waals surface area contributed by atoms with Crippen molar-refractivity contribution in [1.82, 2.24) is 0 Å². The normalized spacial score (nSPS) is 11.1. The van der Waals surface area contributed by atoms with Crippen LogP contribution in [-0.2, 0) is 0 Å². The minimum atomic E-state index is -0.466. The Balaban J connectivity index is 2.29. The summed E-state index contributed by atoms with van der Waals surface area (Å²) in [7, 11) is 0. The molecule has 0 saturated heterocycles. The quantitative estimate of drug-likeness (QED) is 0.118. The van der Waals surface area contributed by atoms with Gasteiger partial charge in [-0.05, 0) is 70.7 Å². The number of benzene rings is 2. The van der Waals surface area contributed by atoms with Crippen LogP contribution in [0.2, 0.25) is 0 Å². The van der Waals surface area contributed by atoms with E-state index in [4.69, 9.17) is 9.47 Å². The largest absolute Gasteiger partial charge is 0.490 e. The van der Waals surface area contributed by atoms with Crippen LogP contribution in [0, 0.1) is 21.4 Å². The number of non-ortho nitro benzene ring substituents is 1. The van der Waals surface area contributed by atoms with Gasteiger partial charge in [-0.1, -0.05) is 26.2 Å². The van der Waals surface area contributed by atoms with Gasteiger partial charge in [0.25, 0.3) is 5.69 Å². The number of allylic oxidation sites excluding steroid dienone is 1. The third-order valence-corrected chi connectivity index (χ3v) is 4.99. The van der Waals surface area contributed by atoms with Crippen LogP contribution in [0.1, 0.15) is 50.7 Å². The van der Waals surface area contributed by atoms with Crippen LogP contribution in [0.15, 0.2) is 40.9 Å². The predicted molar refractivity (Wildman–Crippen MR) is 122 cm³/mol. The van der Waals surface area contributed by atoms with E-state index in [1.165, 1.54) is 25.0 Å². The number of nitro benzene ring substituents is 1. The Morgan fingerprint density at radius 3 is 2.50 bits per heavy atom. The zero-order valence-electron chi connectivity index (χ0n) is 17.2. The summed E-state index contributed by atoms with van der Waals surface area (Å²) in [6, 6.07) is 11.8. The van der Waals surface area contributed by atoms with Crippen LogP contribution in [0.5, 0.6) is 11.5 Å². The molecule has 30 heavy (non-hydrogen) atoms. The third-order valence-electron chi connectivity index (χ3n) is 4.40. The molecule has 2 aromatic rings. The van der Waals surface area contributed by atoms with Crippen molar-refractivity contribution in [3.05, 3.63) is 62.1 Å². The second kappa shape index (κ2) is 12.0. The van der Waals surface area contributed by atoms with E-state index in [1.54, 1.807) is 18.2 Å². The Kier molecular flexibility index (Phi) is 9.36. The van der Waals surface area contributed by atoms with Gasteiger partial charge in [-0.25, -0.2) is 0 Å². The zero-order chi connectivity index (χ0) is 21.9. The molecule has 158 valence electrons. The molecule has 0 aliphatic heterocycles. The van der Waals surface area contributed by atoms with Crippen LogP contribution in [0.3, 0.4) is 0 Å². The highest BCUT2D eigenvalue weighted by atomic mass is 79.9. The number of rotatable bonds is 11. The standard InChI is InChI=1S/C23H25BrN2O4/c1-3-5-6-7-12-30-23-21(24)14-17(15-22(23)29-4-2)13-19(16-25)18-8-10-20(11-9-18)26(27)28/h8-11,13-15H,3-7,12H2,1-2H3. The first-order valence-corrected chi connectivity index (χ1v) is 10.7. The number of nitriles is 1. The average molecular weight is 473 g/mol. The van der Waals surface area contributed by atoms with Crippen LogP contribution in [-0.4, -0.2) is 18.1 Å². The van der Waals surface area contributed by atoms with E-state index in [0.29, 0.717) is 35.8 Å². The first-order valence-electron chi connectivity index (χ1n) is 9.95. The molecule has 0 aliphatic carbocycles. The van der Waals surface area contributed by atoms with Crippen LogP contribution < -0.4 is 9.47 Å². The second-order valence-corrected chi connectivity index (χ2v) is 7.50. The van der Waals surface area contributed by atoms with E-state index in [-0.39, 0.29) is 5.69 Å². The van der Waals surface area contributed by atoms with Gasteiger partial charge in [0.1, 0.15) is 0 Å². The van der Waals surface area contributed by atoms with E-state index in [9.17, 15) is 15.4 Å². The highest BCUT2D eigenvalue weighted by molar-refractivity contribution is 9.10. The molecule has 2 rings (SSSR count). The van der Waals surface area contributed by atoms with Gasteiger partial charge < -0.3 is 9.47 Å². The molecule has 7 heteroatoms. The molecule has 0 fully saturated rings. The van der Waals surface area contributed by atoms with Crippen LogP contribution in [0.4, 0.5) is 5.69 Å². The summed E-state index contributed by atoms with van der Waals surface area (Å²) in [5, 5.41) is 20.4. The maximum atomic E-state index is 10.8. The van der Waals surface area contributed by atoms with E-state index in [0.717, 1.165) is 22.9 Å². The Bertz CT molecular complexity index is 933. The SMILES string of the molecule is CCCCCCOc1c(Br)cc(C=C(C#N)c2ccc([N+](=O)[O-])cc2)cc1OCC. The molecular formula is C23H25BrN2O4. The van der Waals surface area contributed by atoms with Gasteiger partial charge in [0.2, 0.25) is 0 Å². The fraction of sp³-hybridized carbons (Fsp3) is 0.348. The highest BCUT2D eigenvalue weighted by Gasteiger charge is 2.13. The van der Waals surface area contributed by atoms with Crippen molar-refractivity contribution in [2.45, 2.75) is 39.5 Å². The van der Waals surface area contributed by atoms with Gasteiger partial charge in [-0.3, -0.25) is 10.1 Å².